The zero-order valence-corrected chi connectivity index (χ0v) is 30.1. The largest absolute Gasteiger partial charge is 0.444 e. The van der Waals surface area contributed by atoms with Crippen LogP contribution in [0, 0.1) is 29.6 Å². The van der Waals surface area contributed by atoms with Gasteiger partial charge in [-0.25, -0.2) is 4.79 Å². The molecule has 1 aliphatic heterocycles. The minimum atomic E-state index is -3.59. The van der Waals surface area contributed by atoms with Gasteiger partial charge >= 0.3 is 12.0 Å². The summed E-state index contributed by atoms with van der Waals surface area (Å²) in [6, 6.07) is 8.86. The number of rotatable bonds is 7. The molecule has 7 nitrogen and oxygen atoms in total. The van der Waals surface area contributed by atoms with E-state index < -0.39 is 22.5 Å². The van der Waals surface area contributed by atoms with E-state index in [2.05, 4.69) is 40.4 Å². The summed E-state index contributed by atoms with van der Waals surface area (Å²) in [6.45, 7) is 11.5. The third-order valence-corrected chi connectivity index (χ3v) is 12.7. The molecule has 1 amide bonds. The Morgan fingerprint density at radius 3 is 2.40 bits per heavy atom. The van der Waals surface area contributed by atoms with Crippen molar-refractivity contribution in [3.8, 4) is 12.3 Å². The van der Waals surface area contributed by atoms with Crippen molar-refractivity contribution in [2.24, 2.45) is 22.4 Å². The van der Waals surface area contributed by atoms with Gasteiger partial charge in [-0.05, 0) is 131 Å². The number of terminal acetylenes is 1. The highest BCUT2D eigenvalue weighted by Crippen LogP contribution is 2.69. The lowest BCUT2D eigenvalue weighted by atomic mass is 9.50. The fourth-order valence-electron chi connectivity index (χ4n) is 9.88. The maximum atomic E-state index is 15.4. The summed E-state index contributed by atoms with van der Waals surface area (Å²) in [5.74, 6) is -1.25. The number of halogens is 2. The van der Waals surface area contributed by atoms with Crippen molar-refractivity contribution >= 4 is 11.8 Å². The molecule has 1 heterocycles. The van der Waals surface area contributed by atoms with Crippen LogP contribution in [0.15, 0.2) is 52.2 Å². The molecule has 3 saturated carbocycles. The van der Waals surface area contributed by atoms with E-state index in [0.717, 1.165) is 56.6 Å². The maximum absolute atomic E-state index is 15.4. The van der Waals surface area contributed by atoms with E-state index in [9.17, 15) is 9.90 Å². The number of hydrogen-bond donors (Lipinski definition) is 1. The molecule has 0 spiro atoms. The number of ether oxygens (including phenoxy) is 1. The van der Waals surface area contributed by atoms with Gasteiger partial charge in [0.25, 0.3) is 0 Å². The Balaban J connectivity index is 1.07. The molecule has 5 aliphatic carbocycles. The van der Waals surface area contributed by atoms with Crippen LogP contribution in [0.2, 0.25) is 0 Å². The molecule has 9 heteroatoms. The summed E-state index contributed by atoms with van der Waals surface area (Å²) in [5, 5.41) is 16.4. The predicted molar refractivity (Wildman–Crippen MR) is 190 cm³/mol. The number of oxime groups is 1. The van der Waals surface area contributed by atoms with Crippen molar-refractivity contribution in [2.45, 2.75) is 114 Å². The van der Waals surface area contributed by atoms with Crippen molar-refractivity contribution < 1.29 is 28.3 Å². The molecule has 5 atom stereocenters. The van der Waals surface area contributed by atoms with Gasteiger partial charge in [0.2, 0.25) is 0 Å². The molecule has 0 aromatic heterocycles. The molecule has 270 valence electrons. The Morgan fingerprint density at radius 1 is 1.04 bits per heavy atom. The quantitative estimate of drug-likeness (QED) is 0.180. The normalized spacial score (nSPS) is 32.5. The Kier molecular flexibility index (Phi) is 9.21. The number of piperazine rings is 1. The van der Waals surface area contributed by atoms with Crippen molar-refractivity contribution in [3.63, 3.8) is 0 Å². The number of nitrogens with zero attached hydrogens (tertiary/aromatic N) is 3. The standard InChI is InChI=1S/C41H53F2N3O4/c1-6-41(42,43)40(48)18-17-35-33-15-13-30-25-31(44-49-24-23-45-19-21-46(22-20-45)37(47)50-38(2,3)4)14-16-32(30)36(33)34(26-39(35,40)5)29-11-9-28(10-12-29)27-7-8-27/h1,9-12,25,27,33-35,48H,7-8,13-24,26H2,2-5H3/b44-31+/t33-,34+,35-,39-,40-/m0/s1. The van der Waals surface area contributed by atoms with Gasteiger partial charge in [0.05, 0.1) is 5.71 Å². The van der Waals surface area contributed by atoms with Crippen LogP contribution in [0.3, 0.4) is 0 Å². The molecular formula is C41H53F2N3O4. The minimum absolute atomic E-state index is 0.0219. The Labute approximate surface area is 296 Å². The maximum Gasteiger partial charge on any atom is 0.410 e. The van der Waals surface area contributed by atoms with Gasteiger partial charge in [-0.2, -0.15) is 8.78 Å². The van der Waals surface area contributed by atoms with Crippen LogP contribution in [-0.4, -0.2) is 83.2 Å². The first-order valence-corrected chi connectivity index (χ1v) is 18.7. The summed E-state index contributed by atoms with van der Waals surface area (Å²) in [7, 11) is 0. The first-order chi connectivity index (χ1) is 23.7. The number of allylic oxidation sites excluding steroid dienone is 4. The molecule has 0 radical (unpaired) electrons. The Hall–Kier alpha value is -3.22. The van der Waals surface area contributed by atoms with Crippen LogP contribution in [0.1, 0.15) is 108 Å². The zero-order chi connectivity index (χ0) is 35.5. The van der Waals surface area contributed by atoms with Crippen LogP contribution in [0.25, 0.3) is 0 Å². The minimum Gasteiger partial charge on any atom is -0.444 e. The summed E-state index contributed by atoms with van der Waals surface area (Å²) < 4.78 is 36.4. The molecule has 0 bridgehead atoms. The number of hydrogen-bond acceptors (Lipinski definition) is 6. The molecule has 0 unspecified atom stereocenters. The average molecular weight is 690 g/mol. The Morgan fingerprint density at radius 2 is 1.74 bits per heavy atom. The fourth-order valence-corrected chi connectivity index (χ4v) is 9.88. The average Bonchev–Trinajstić information content (AvgIpc) is 3.90. The summed E-state index contributed by atoms with van der Waals surface area (Å²) in [5.41, 5.74) is 3.74. The van der Waals surface area contributed by atoms with E-state index in [4.69, 9.17) is 16.0 Å². The molecule has 7 rings (SSSR count). The number of alkyl halides is 2. The second-order valence-electron chi connectivity index (χ2n) is 16.8. The Bertz CT molecular complexity index is 1610. The number of fused-ring (bicyclic) bond motifs is 4. The number of carbonyl (C=O) groups excluding carboxylic acids is 1. The van der Waals surface area contributed by atoms with Gasteiger partial charge < -0.3 is 19.6 Å². The second-order valence-corrected chi connectivity index (χ2v) is 16.8. The third kappa shape index (κ3) is 6.40. The summed E-state index contributed by atoms with van der Waals surface area (Å²) in [6.07, 6.45) is 14.1. The summed E-state index contributed by atoms with van der Waals surface area (Å²) >= 11 is 0. The topological polar surface area (TPSA) is 74.6 Å². The van der Waals surface area contributed by atoms with Gasteiger partial charge in [0.1, 0.15) is 17.8 Å². The molecular weight excluding hydrogens is 636 g/mol. The monoisotopic (exact) mass is 689 g/mol. The van der Waals surface area contributed by atoms with Crippen LogP contribution >= 0.6 is 0 Å². The van der Waals surface area contributed by atoms with Crippen molar-refractivity contribution in [1.29, 1.82) is 0 Å². The van der Waals surface area contributed by atoms with Gasteiger partial charge in [-0.1, -0.05) is 41.9 Å². The van der Waals surface area contributed by atoms with Crippen molar-refractivity contribution in [1.82, 2.24) is 9.80 Å². The lowest BCUT2D eigenvalue weighted by Crippen LogP contribution is -2.60. The van der Waals surface area contributed by atoms with Crippen LogP contribution in [0.4, 0.5) is 13.6 Å². The van der Waals surface area contributed by atoms with Crippen LogP contribution in [-0.2, 0) is 9.57 Å². The van der Waals surface area contributed by atoms with Crippen LogP contribution in [0.5, 0.6) is 0 Å². The van der Waals surface area contributed by atoms with E-state index in [0.29, 0.717) is 38.5 Å². The smallest absolute Gasteiger partial charge is 0.410 e. The molecule has 1 saturated heterocycles. The van der Waals surface area contributed by atoms with E-state index in [1.54, 1.807) is 10.8 Å². The van der Waals surface area contributed by atoms with Gasteiger partial charge in [-0.15, -0.1) is 6.42 Å². The highest BCUT2D eigenvalue weighted by molar-refractivity contribution is 5.97. The third-order valence-electron chi connectivity index (χ3n) is 12.7. The second kappa shape index (κ2) is 13.1. The molecule has 6 aliphatic rings. The number of aliphatic hydroxyl groups is 1. The van der Waals surface area contributed by atoms with Gasteiger partial charge in [0, 0.05) is 44.1 Å². The molecule has 1 N–H and O–H groups in total. The molecule has 1 aromatic rings. The first kappa shape index (κ1) is 35.2. The SMILES string of the molecule is C#CC(F)(F)[C@]1(O)CC[C@H]2[C@@H]3CCC4=C/C(=N/OCCN5CCN(C(=O)OC(C)(C)C)CC5)CCC4=C3[C@@H](c3ccc(C4CC4)cc3)C[C@@]21C. The summed E-state index contributed by atoms with van der Waals surface area (Å²) in [4.78, 5) is 22.3. The number of benzene rings is 1. The predicted octanol–water partition coefficient (Wildman–Crippen LogP) is 7.82. The number of amides is 1. The van der Waals surface area contributed by atoms with E-state index in [1.807, 2.05) is 27.7 Å². The molecule has 1 aromatic carbocycles. The van der Waals surface area contributed by atoms with Crippen molar-refractivity contribution in [2.75, 3.05) is 39.3 Å². The van der Waals surface area contributed by atoms with E-state index >= 15 is 8.78 Å². The lowest BCUT2D eigenvalue weighted by molar-refractivity contribution is -0.209. The lowest BCUT2D eigenvalue weighted by Gasteiger charge is -2.55. The van der Waals surface area contributed by atoms with E-state index in [1.165, 1.54) is 35.1 Å². The molecule has 4 fully saturated rings. The van der Waals surface area contributed by atoms with Gasteiger partial charge in [0.15, 0.2) is 0 Å². The van der Waals surface area contributed by atoms with Crippen LogP contribution < -0.4 is 0 Å². The van der Waals surface area contributed by atoms with Crippen molar-refractivity contribution in [3.05, 3.63) is 58.2 Å². The fraction of sp³-hybridized carbons (Fsp3) is 0.659. The van der Waals surface area contributed by atoms with Gasteiger partial charge in [-0.3, -0.25) is 4.90 Å². The highest BCUT2D eigenvalue weighted by Gasteiger charge is 2.71. The first-order valence-electron chi connectivity index (χ1n) is 18.7. The molecule has 50 heavy (non-hydrogen) atoms. The zero-order valence-electron chi connectivity index (χ0n) is 30.1. The highest BCUT2D eigenvalue weighted by atomic mass is 19.3. The number of carbonyl (C=O) groups is 1. The van der Waals surface area contributed by atoms with E-state index in [-0.39, 0.29) is 30.3 Å².